The average Bonchev–Trinajstić information content (AvgIpc) is 2.07. The van der Waals surface area contributed by atoms with E-state index in [4.69, 9.17) is 0 Å². The molecule has 0 N–H and O–H groups in total. The highest BCUT2D eigenvalue weighted by molar-refractivity contribution is 8.08. The summed E-state index contributed by atoms with van der Waals surface area (Å²) < 4.78 is 0. The number of hydrogen-bond donors (Lipinski definition) is 0. The van der Waals surface area contributed by atoms with Crippen molar-refractivity contribution in [2.24, 2.45) is 0 Å². The molecule has 0 fully saturated rings. The molecule has 2 heteroatoms. The van der Waals surface area contributed by atoms with E-state index in [0.29, 0.717) is 0 Å². The molecule has 0 atom stereocenters. The number of aromatic nitrogens is 1. The van der Waals surface area contributed by atoms with Crippen LogP contribution < -0.4 is 0 Å². The zero-order chi connectivity index (χ0) is 8.10. The Hall–Kier alpha value is -0.760. The van der Waals surface area contributed by atoms with Gasteiger partial charge in [-0.1, -0.05) is 19.6 Å². The molecule has 0 radical (unpaired) electrons. The molecule has 0 aliphatic rings. The Balaban J connectivity index is 2.69. The van der Waals surface area contributed by atoms with Crippen molar-refractivity contribution in [3.8, 4) is 0 Å². The molecule has 0 aromatic carbocycles. The molecule has 0 aliphatic heterocycles. The Morgan fingerprint density at radius 3 is 3.00 bits per heavy atom. The van der Waals surface area contributed by atoms with Gasteiger partial charge in [-0.05, 0) is 17.9 Å². The van der Waals surface area contributed by atoms with Crippen molar-refractivity contribution in [2.75, 3.05) is 5.75 Å². The van der Waals surface area contributed by atoms with E-state index in [0.717, 1.165) is 16.4 Å². The van der Waals surface area contributed by atoms with Gasteiger partial charge in [-0.15, -0.1) is 11.8 Å². The molecule has 11 heavy (non-hydrogen) atoms. The van der Waals surface area contributed by atoms with Crippen LogP contribution in [0.5, 0.6) is 0 Å². The summed E-state index contributed by atoms with van der Waals surface area (Å²) in [6.07, 6.45) is 1.79. The third kappa shape index (κ3) is 2.39. The van der Waals surface area contributed by atoms with E-state index in [1.54, 1.807) is 18.0 Å². The normalized spacial score (nSPS) is 9.55. The van der Waals surface area contributed by atoms with Crippen LogP contribution in [0.3, 0.4) is 0 Å². The van der Waals surface area contributed by atoms with Crippen molar-refractivity contribution in [3.05, 3.63) is 36.7 Å². The van der Waals surface area contributed by atoms with Gasteiger partial charge >= 0.3 is 0 Å². The van der Waals surface area contributed by atoms with Gasteiger partial charge in [0.25, 0.3) is 0 Å². The van der Waals surface area contributed by atoms with Gasteiger partial charge in [0.2, 0.25) is 0 Å². The fourth-order valence-electron chi connectivity index (χ4n) is 0.776. The van der Waals surface area contributed by atoms with Gasteiger partial charge in [0, 0.05) is 11.1 Å². The second-order valence-corrected chi connectivity index (χ2v) is 3.43. The molecule has 0 spiro atoms. The molecular weight excluding hydrogens is 154 g/mol. The van der Waals surface area contributed by atoms with E-state index in [9.17, 15) is 0 Å². The SMILES string of the molecule is C=C(SCC)c1ccccn1. The number of thioether (sulfide) groups is 1. The lowest BCUT2D eigenvalue weighted by atomic mass is 10.3. The highest BCUT2D eigenvalue weighted by Gasteiger charge is 1.96. The van der Waals surface area contributed by atoms with Crippen LogP contribution in [0.2, 0.25) is 0 Å². The zero-order valence-electron chi connectivity index (χ0n) is 6.58. The minimum absolute atomic E-state index is 0.986. The van der Waals surface area contributed by atoms with Crippen LogP contribution >= 0.6 is 11.8 Å². The van der Waals surface area contributed by atoms with Gasteiger partial charge in [0.05, 0.1) is 5.69 Å². The first-order valence-corrected chi connectivity index (χ1v) is 4.56. The molecule has 0 saturated carbocycles. The largest absolute Gasteiger partial charge is 0.256 e. The highest BCUT2D eigenvalue weighted by Crippen LogP contribution is 2.22. The van der Waals surface area contributed by atoms with Crippen molar-refractivity contribution in [2.45, 2.75) is 6.92 Å². The Morgan fingerprint density at radius 2 is 2.45 bits per heavy atom. The van der Waals surface area contributed by atoms with Crippen molar-refractivity contribution >= 4 is 16.7 Å². The Morgan fingerprint density at radius 1 is 1.64 bits per heavy atom. The minimum Gasteiger partial charge on any atom is -0.256 e. The maximum atomic E-state index is 4.18. The number of pyridine rings is 1. The summed E-state index contributed by atoms with van der Waals surface area (Å²) in [7, 11) is 0. The third-order valence-electron chi connectivity index (χ3n) is 1.27. The summed E-state index contributed by atoms with van der Waals surface area (Å²) in [5, 5.41) is 0. The summed E-state index contributed by atoms with van der Waals surface area (Å²) in [5.74, 6) is 1.05. The number of nitrogens with zero attached hydrogens (tertiary/aromatic N) is 1. The predicted octanol–water partition coefficient (Wildman–Crippen LogP) is 2.81. The molecule has 1 aromatic heterocycles. The van der Waals surface area contributed by atoms with Crippen molar-refractivity contribution in [1.29, 1.82) is 0 Å². The topological polar surface area (TPSA) is 12.9 Å². The minimum atomic E-state index is 0.986. The van der Waals surface area contributed by atoms with Crippen LogP contribution in [0.25, 0.3) is 4.91 Å². The van der Waals surface area contributed by atoms with Crippen molar-refractivity contribution in [1.82, 2.24) is 4.98 Å². The van der Waals surface area contributed by atoms with Crippen LogP contribution in [0.4, 0.5) is 0 Å². The van der Waals surface area contributed by atoms with Crippen molar-refractivity contribution < 1.29 is 0 Å². The monoisotopic (exact) mass is 165 g/mol. The Labute approximate surface area is 71.5 Å². The Kier molecular flexibility index (Phi) is 3.17. The van der Waals surface area contributed by atoms with Gasteiger partial charge in [0.15, 0.2) is 0 Å². The van der Waals surface area contributed by atoms with E-state index in [-0.39, 0.29) is 0 Å². The summed E-state index contributed by atoms with van der Waals surface area (Å²) >= 11 is 1.73. The summed E-state index contributed by atoms with van der Waals surface area (Å²) in [4.78, 5) is 5.23. The fraction of sp³-hybridized carbons (Fsp3) is 0.222. The number of hydrogen-bond acceptors (Lipinski definition) is 2. The smallest absolute Gasteiger partial charge is 0.0759 e. The molecular formula is C9H11NS. The van der Waals surface area contributed by atoms with E-state index in [1.165, 1.54) is 0 Å². The standard InChI is InChI=1S/C9H11NS/c1-3-11-8(2)9-6-4-5-7-10-9/h4-7H,2-3H2,1H3. The lowest BCUT2D eigenvalue weighted by Crippen LogP contribution is -1.82. The fourth-order valence-corrected chi connectivity index (χ4v) is 1.39. The maximum Gasteiger partial charge on any atom is 0.0759 e. The number of rotatable bonds is 3. The molecule has 0 saturated heterocycles. The van der Waals surface area contributed by atoms with Crippen LogP contribution in [-0.4, -0.2) is 10.7 Å². The third-order valence-corrected chi connectivity index (χ3v) is 2.12. The van der Waals surface area contributed by atoms with Crippen molar-refractivity contribution in [3.63, 3.8) is 0 Å². The van der Waals surface area contributed by atoms with Gasteiger partial charge < -0.3 is 0 Å². The summed E-state index contributed by atoms with van der Waals surface area (Å²) in [5.41, 5.74) is 0.986. The van der Waals surface area contributed by atoms with Crippen LogP contribution in [-0.2, 0) is 0 Å². The average molecular weight is 165 g/mol. The predicted molar refractivity (Wildman–Crippen MR) is 51.4 cm³/mol. The van der Waals surface area contributed by atoms with E-state index >= 15 is 0 Å². The second kappa shape index (κ2) is 4.19. The molecule has 0 amide bonds. The van der Waals surface area contributed by atoms with Gasteiger partial charge in [0.1, 0.15) is 0 Å². The molecule has 0 aliphatic carbocycles. The van der Waals surface area contributed by atoms with Gasteiger partial charge in [-0.2, -0.15) is 0 Å². The van der Waals surface area contributed by atoms with Crippen LogP contribution in [0.1, 0.15) is 12.6 Å². The maximum absolute atomic E-state index is 4.18. The van der Waals surface area contributed by atoms with E-state index in [2.05, 4.69) is 18.5 Å². The first-order chi connectivity index (χ1) is 5.34. The summed E-state index contributed by atoms with van der Waals surface area (Å²) in [6.45, 7) is 6.03. The lowest BCUT2D eigenvalue weighted by Gasteiger charge is -2.00. The first-order valence-electron chi connectivity index (χ1n) is 3.57. The first kappa shape index (κ1) is 8.34. The molecule has 58 valence electrons. The van der Waals surface area contributed by atoms with E-state index in [1.807, 2.05) is 18.2 Å². The summed E-state index contributed by atoms with van der Waals surface area (Å²) in [6, 6.07) is 5.86. The second-order valence-electron chi connectivity index (χ2n) is 2.07. The molecule has 1 aromatic rings. The van der Waals surface area contributed by atoms with Crippen LogP contribution in [0, 0.1) is 0 Å². The highest BCUT2D eigenvalue weighted by atomic mass is 32.2. The molecule has 1 heterocycles. The molecule has 1 nitrogen and oxygen atoms in total. The van der Waals surface area contributed by atoms with E-state index < -0.39 is 0 Å². The zero-order valence-corrected chi connectivity index (χ0v) is 7.40. The Bertz CT molecular complexity index is 231. The molecule has 0 unspecified atom stereocenters. The van der Waals surface area contributed by atoms with Crippen LogP contribution in [0.15, 0.2) is 31.0 Å². The quantitative estimate of drug-likeness (QED) is 0.683. The molecule has 1 rings (SSSR count). The molecule has 0 bridgehead atoms. The lowest BCUT2D eigenvalue weighted by molar-refractivity contribution is 1.29. The van der Waals surface area contributed by atoms with Gasteiger partial charge in [-0.25, -0.2) is 0 Å². The van der Waals surface area contributed by atoms with Gasteiger partial charge in [-0.3, -0.25) is 4.98 Å².